The standard InChI is InChI=1S/C20H18N4O3/c1-13(25)14-6-5-7-15(12-14)21-18-10-11-19(24-23-18)22-20(26)16-8-3-4-9-17(16)27-2/h3-12H,1-2H3,(H,21,23)(H,22,24,26). The summed E-state index contributed by atoms with van der Waals surface area (Å²) in [5.41, 5.74) is 1.74. The molecule has 2 N–H and O–H groups in total. The van der Waals surface area contributed by atoms with E-state index in [1.807, 2.05) is 6.07 Å². The van der Waals surface area contributed by atoms with Gasteiger partial charge in [0.1, 0.15) is 5.75 Å². The minimum atomic E-state index is -0.336. The summed E-state index contributed by atoms with van der Waals surface area (Å²) in [7, 11) is 1.51. The molecular formula is C20H18N4O3. The van der Waals surface area contributed by atoms with Crippen molar-refractivity contribution in [1.29, 1.82) is 0 Å². The number of aromatic nitrogens is 2. The molecule has 1 heterocycles. The molecule has 0 saturated carbocycles. The molecule has 0 radical (unpaired) electrons. The number of nitrogens with one attached hydrogen (secondary N) is 2. The van der Waals surface area contributed by atoms with Crippen molar-refractivity contribution in [2.24, 2.45) is 0 Å². The number of rotatable bonds is 6. The molecule has 0 aliphatic heterocycles. The Bertz CT molecular complexity index is 971. The molecule has 136 valence electrons. The van der Waals surface area contributed by atoms with Crippen molar-refractivity contribution in [1.82, 2.24) is 10.2 Å². The van der Waals surface area contributed by atoms with Gasteiger partial charge in [-0.15, -0.1) is 10.2 Å². The lowest BCUT2D eigenvalue weighted by Crippen LogP contribution is -2.14. The van der Waals surface area contributed by atoms with E-state index in [-0.39, 0.29) is 11.7 Å². The fraction of sp³-hybridized carbons (Fsp3) is 0.100. The van der Waals surface area contributed by atoms with Crippen LogP contribution in [0.15, 0.2) is 60.7 Å². The summed E-state index contributed by atoms with van der Waals surface area (Å²) in [4.78, 5) is 23.8. The monoisotopic (exact) mass is 362 g/mol. The molecule has 3 aromatic rings. The number of ketones is 1. The van der Waals surface area contributed by atoms with Gasteiger partial charge in [-0.05, 0) is 43.3 Å². The van der Waals surface area contributed by atoms with Gasteiger partial charge in [0.15, 0.2) is 17.4 Å². The van der Waals surface area contributed by atoms with Gasteiger partial charge in [0.25, 0.3) is 5.91 Å². The number of amides is 1. The fourth-order valence-corrected chi connectivity index (χ4v) is 2.45. The highest BCUT2D eigenvalue weighted by molar-refractivity contribution is 6.05. The molecule has 1 amide bonds. The molecule has 3 rings (SSSR count). The van der Waals surface area contributed by atoms with Crippen molar-refractivity contribution >= 4 is 29.0 Å². The van der Waals surface area contributed by atoms with E-state index in [9.17, 15) is 9.59 Å². The Hall–Kier alpha value is -3.74. The summed E-state index contributed by atoms with van der Waals surface area (Å²) in [5.74, 6) is 0.933. The number of anilines is 3. The van der Waals surface area contributed by atoms with Crippen LogP contribution in [0.3, 0.4) is 0 Å². The number of carbonyl (C=O) groups excluding carboxylic acids is 2. The van der Waals surface area contributed by atoms with E-state index in [1.165, 1.54) is 14.0 Å². The summed E-state index contributed by atoms with van der Waals surface area (Å²) < 4.78 is 5.19. The van der Waals surface area contributed by atoms with Gasteiger partial charge >= 0.3 is 0 Å². The summed E-state index contributed by atoms with van der Waals surface area (Å²) in [6.07, 6.45) is 0. The lowest BCUT2D eigenvalue weighted by molar-refractivity contribution is 0.101. The molecule has 0 saturated heterocycles. The van der Waals surface area contributed by atoms with E-state index < -0.39 is 0 Å². The van der Waals surface area contributed by atoms with Crippen LogP contribution in [0.1, 0.15) is 27.6 Å². The van der Waals surface area contributed by atoms with Crippen molar-refractivity contribution in [3.05, 3.63) is 71.8 Å². The van der Waals surface area contributed by atoms with Gasteiger partial charge in [-0.2, -0.15) is 0 Å². The van der Waals surface area contributed by atoms with Gasteiger partial charge in [-0.1, -0.05) is 24.3 Å². The van der Waals surface area contributed by atoms with Gasteiger partial charge in [0, 0.05) is 11.3 Å². The lowest BCUT2D eigenvalue weighted by Gasteiger charge is -2.09. The molecule has 1 aromatic heterocycles. The molecule has 27 heavy (non-hydrogen) atoms. The number of nitrogens with zero attached hydrogens (tertiary/aromatic N) is 2. The van der Waals surface area contributed by atoms with Crippen LogP contribution in [-0.4, -0.2) is 29.0 Å². The van der Waals surface area contributed by atoms with Crippen LogP contribution in [0.5, 0.6) is 5.75 Å². The summed E-state index contributed by atoms with van der Waals surface area (Å²) in [5, 5.41) is 13.8. The van der Waals surface area contributed by atoms with Gasteiger partial charge in [0.2, 0.25) is 0 Å². The van der Waals surface area contributed by atoms with E-state index in [1.54, 1.807) is 54.6 Å². The third-order valence-electron chi connectivity index (χ3n) is 3.80. The highest BCUT2D eigenvalue weighted by Crippen LogP contribution is 2.20. The Labute approximate surface area is 156 Å². The second-order valence-electron chi connectivity index (χ2n) is 5.72. The van der Waals surface area contributed by atoms with Crippen molar-refractivity contribution in [2.45, 2.75) is 6.92 Å². The molecule has 0 aliphatic carbocycles. The van der Waals surface area contributed by atoms with Crippen molar-refractivity contribution in [2.75, 3.05) is 17.7 Å². The second kappa shape index (κ2) is 8.09. The maximum Gasteiger partial charge on any atom is 0.260 e. The van der Waals surface area contributed by atoms with Crippen LogP contribution in [0.25, 0.3) is 0 Å². The third kappa shape index (κ3) is 4.46. The molecule has 0 unspecified atom stereocenters. The average Bonchev–Trinajstić information content (AvgIpc) is 2.69. The van der Waals surface area contributed by atoms with Gasteiger partial charge in [-0.3, -0.25) is 9.59 Å². The molecule has 7 nitrogen and oxygen atoms in total. The highest BCUT2D eigenvalue weighted by atomic mass is 16.5. The molecular weight excluding hydrogens is 344 g/mol. The van der Waals surface area contributed by atoms with Gasteiger partial charge in [0.05, 0.1) is 12.7 Å². The maximum absolute atomic E-state index is 12.4. The molecule has 2 aromatic carbocycles. The zero-order valence-electron chi connectivity index (χ0n) is 14.9. The van der Waals surface area contributed by atoms with Crippen LogP contribution < -0.4 is 15.4 Å². The maximum atomic E-state index is 12.4. The molecule has 0 spiro atoms. The topological polar surface area (TPSA) is 93.2 Å². The second-order valence-corrected chi connectivity index (χ2v) is 5.72. The van der Waals surface area contributed by atoms with Crippen molar-refractivity contribution in [3.8, 4) is 5.75 Å². The molecule has 0 bridgehead atoms. The first-order chi connectivity index (χ1) is 13.1. The number of Topliss-reactive ketones (excluding diaryl/α,β-unsaturated/α-hetero) is 1. The van der Waals surface area contributed by atoms with E-state index in [2.05, 4.69) is 20.8 Å². The molecule has 0 aliphatic rings. The minimum Gasteiger partial charge on any atom is -0.496 e. The number of hydrogen-bond donors (Lipinski definition) is 2. The number of para-hydroxylation sites is 1. The van der Waals surface area contributed by atoms with Gasteiger partial charge < -0.3 is 15.4 Å². The zero-order chi connectivity index (χ0) is 19.2. The van der Waals surface area contributed by atoms with E-state index in [0.717, 1.165) is 5.69 Å². The Morgan fingerprint density at radius 3 is 2.37 bits per heavy atom. The Morgan fingerprint density at radius 2 is 1.67 bits per heavy atom. The smallest absolute Gasteiger partial charge is 0.260 e. The summed E-state index contributed by atoms with van der Waals surface area (Å²) in [6, 6.07) is 17.3. The Balaban J connectivity index is 1.69. The molecule has 0 atom stereocenters. The van der Waals surface area contributed by atoms with Crippen molar-refractivity contribution in [3.63, 3.8) is 0 Å². The van der Waals surface area contributed by atoms with E-state index in [0.29, 0.717) is 28.5 Å². The first-order valence-electron chi connectivity index (χ1n) is 8.23. The number of carbonyl (C=O) groups is 2. The third-order valence-corrected chi connectivity index (χ3v) is 3.80. The Kier molecular flexibility index (Phi) is 5.41. The average molecular weight is 362 g/mol. The minimum absolute atomic E-state index is 0.0147. The highest BCUT2D eigenvalue weighted by Gasteiger charge is 2.12. The van der Waals surface area contributed by atoms with Crippen molar-refractivity contribution < 1.29 is 14.3 Å². The predicted octanol–water partition coefficient (Wildman–Crippen LogP) is 3.68. The Morgan fingerprint density at radius 1 is 0.926 bits per heavy atom. The molecule has 7 heteroatoms. The van der Waals surface area contributed by atoms with Crippen LogP contribution in [-0.2, 0) is 0 Å². The first kappa shape index (κ1) is 18.1. The quantitative estimate of drug-likeness (QED) is 0.650. The molecule has 0 fully saturated rings. The number of benzene rings is 2. The van der Waals surface area contributed by atoms with E-state index >= 15 is 0 Å². The fourth-order valence-electron chi connectivity index (χ4n) is 2.45. The summed E-state index contributed by atoms with van der Waals surface area (Å²) in [6.45, 7) is 1.51. The summed E-state index contributed by atoms with van der Waals surface area (Å²) >= 11 is 0. The SMILES string of the molecule is COc1ccccc1C(=O)Nc1ccc(Nc2cccc(C(C)=O)c2)nn1. The first-order valence-corrected chi connectivity index (χ1v) is 8.23. The number of ether oxygens (including phenoxy) is 1. The van der Waals surface area contributed by atoms with Crippen LogP contribution in [0.2, 0.25) is 0 Å². The largest absolute Gasteiger partial charge is 0.496 e. The van der Waals surface area contributed by atoms with Crippen LogP contribution in [0.4, 0.5) is 17.3 Å². The predicted molar refractivity (Wildman–Crippen MR) is 103 cm³/mol. The lowest BCUT2D eigenvalue weighted by atomic mass is 10.1. The normalized spacial score (nSPS) is 10.1. The number of hydrogen-bond acceptors (Lipinski definition) is 6. The van der Waals surface area contributed by atoms with Crippen LogP contribution >= 0.6 is 0 Å². The zero-order valence-corrected chi connectivity index (χ0v) is 14.9. The van der Waals surface area contributed by atoms with E-state index in [4.69, 9.17) is 4.74 Å². The number of methoxy groups -OCH3 is 1. The van der Waals surface area contributed by atoms with Crippen LogP contribution in [0, 0.1) is 0 Å². The van der Waals surface area contributed by atoms with Gasteiger partial charge in [-0.25, -0.2) is 0 Å².